The fourth-order valence-electron chi connectivity index (χ4n) is 1.56. The van der Waals surface area contributed by atoms with Gasteiger partial charge in [0.2, 0.25) is 0 Å². The minimum atomic E-state index is 0.497. The number of rotatable bonds is 3. The van der Waals surface area contributed by atoms with Crippen LogP contribution >= 0.6 is 0 Å². The van der Waals surface area contributed by atoms with Gasteiger partial charge >= 0.3 is 73.1 Å². The fraction of sp³-hybridized carbons (Fsp3) is 1.00. The van der Waals surface area contributed by atoms with Crippen molar-refractivity contribution in [2.45, 2.75) is 23.2 Å². The Kier molecular flexibility index (Phi) is 3.95. The maximum absolute atomic E-state index is 5.25. The molecule has 0 aromatic heterocycles. The summed E-state index contributed by atoms with van der Waals surface area (Å²) in [6.07, 6.45) is 4.31. The number of hydrazine groups is 1. The van der Waals surface area contributed by atoms with Gasteiger partial charge in [0.15, 0.2) is 0 Å². The number of hydrogen-bond donors (Lipinski definition) is 2. The van der Waals surface area contributed by atoms with Gasteiger partial charge in [0.1, 0.15) is 0 Å². The fourth-order valence-corrected chi connectivity index (χ4v) is 3.77. The normalized spacial score (nSPS) is 33.4. The van der Waals surface area contributed by atoms with Gasteiger partial charge in [0.05, 0.1) is 0 Å². The van der Waals surface area contributed by atoms with Crippen LogP contribution in [0.4, 0.5) is 0 Å². The van der Waals surface area contributed by atoms with Crippen LogP contribution in [-0.2, 0) is 0 Å². The molecule has 2 unspecified atom stereocenters. The van der Waals surface area contributed by atoms with Crippen LogP contribution in [-0.4, -0.2) is 15.4 Å². The van der Waals surface area contributed by atoms with Crippen molar-refractivity contribution in [1.82, 2.24) is 5.43 Å². The summed E-state index contributed by atoms with van der Waals surface area (Å²) in [5.74, 6) is 6.14. The first-order valence-corrected chi connectivity index (χ1v) is 7.18. The molecule has 0 aliphatic heterocycles. The third-order valence-electron chi connectivity index (χ3n) is 2.19. The van der Waals surface area contributed by atoms with E-state index in [0.717, 1.165) is 16.4 Å². The summed E-state index contributed by atoms with van der Waals surface area (Å²) in [6, 6.07) is 0. The second kappa shape index (κ2) is 4.51. The zero-order chi connectivity index (χ0) is 7.40. The Morgan fingerprint density at radius 3 is 2.90 bits per heavy atom. The molecule has 2 atom stereocenters. The third-order valence-corrected chi connectivity index (χ3v) is 5.09. The van der Waals surface area contributed by atoms with Crippen LogP contribution in [0.15, 0.2) is 0 Å². The SMILES string of the molecule is C[I-]C1CCC(CNN)C1. The number of alkyl halides is 2. The van der Waals surface area contributed by atoms with Crippen LogP contribution in [0.25, 0.3) is 0 Å². The Morgan fingerprint density at radius 1 is 1.60 bits per heavy atom. The van der Waals surface area contributed by atoms with Gasteiger partial charge in [0.25, 0.3) is 0 Å². The Balaban J connectivity index is 2.15. The molecule has 3 N–H and O–H groups in total. The average molecular weight is 255 g/mol. The van der Waals surface area contributed by atoms with Gasteiger partial charge in [-0.1, -0.05) is 0 Å². The quantitative estimate of drug-likeness (QED) is 0.250. The molecule has 0 aromatic carbocycles. The van der Waals surface area contributed by atoms with Crippen LogP contribution in [0.2, 0.25) is 0 Å². The second-order valence-corrected chi connectivity index (χ2v) is 5.91. The van der Waals surface area contributed by atoms with Gasteiger partial charge < -0.3 is 0 Å². The van der Waals surface area contributed by atoms with Crippen LogP contribution in [0.3, 0.4) is 0 Å². The summed E-state index contributed by atoms with van der Waals surface area (Å²) < 4.78 is 1.09. The van der Waals surface area contributed by atoms with E-state index in [2.05, 4.69) is 10.4 Å². The molecule has 62 valence electrons. The molecule has 3 heteroatoms. The maximum atomic E-state index is 5.25. The number of hydrogen-bond acceptors (Lipinski definition) is 2. The predicted octanol–water partition coefficient (Wildman–Crippen LogP) is -2.66. The molecule has 0 bridgehead atoms. The standard InChI is InChI=1S/C7H16IN2/c1-8-7-3-2-6(4-7)5-10-9/h6-7,10H,2-5,9H2,1H3/q-1. The molecular formula is C7H16IN2-. The molecule has 0 amide bonds. The summed E-state index contributed by atoms with van der Waals surface area (Å²) in [7, 11) is 0. The van der Waals surface area contributed by atoms with Gasteiger partial charge in [-0.25, -0.2) is 0 Å². The number of nitrogens with one attached hydrogen (secondary N) is 1. The first-order valence-electron chi connectivity index (χ1n) is 3.78. The van der Waals surface area contributed by atoms with Crippen molar-refractivity contribution >= 4 is 0 Å². The summed E-state index contributed by atoms with van der Waals surface area (Å²) in [6.45, 7) is 1.03. The van der Waals surface area contributed by atoms with Crippen molar-refractivity contribution in [3.63, 3.8) is 0 Å². The molecule has 0 heterocycles. The van der Waals surface area contributed by atoms with E-state index in [1.54, 1.807) is 0 Å². The van der Waals surface area contributed by atoms with E-state index in [0.29, 0.717) is 21.2 Å². The Bertz CT molecular complexity index is 97.6. The summed E-state index contributed by atoms with van der Waals surface area (Å²) in [5, 5.41) is 0. The van der Waals surface area contributed by atoms with E-state index in [9.17, 15) is 0 Å². The Morgan fingerprint density at radius 2 is 2.40 bits per heavy atom. The molecule has 0 saturated heterocycles. The summed E-state index contributed by atoms with van der Waals surface area (Å²) in [5.41, 5.74) is 2.77. The minimum absolute atomic E-state index is 0.497. The van der Waals surface area contributed by atoms with Crippen LogP contribution in [0.1, 0.15) is 19.3 Å². The molecule has 0 spiro atoms. The van der Waals surface area contributed by atoms with Gasteiger partial charge in [-0.2, -0.15) is 0 Å². The van der Waals surface area contributed by atoms with Gasteiger partial charge in [0, 0.05) is 0 Å². The predicted molar refractivity (Wildman–Crippen MR) is 39.2 cm³/mol. The van der Waals surface area contributed by atoms with Crippen LogP contribution in [0.5, 0.6) is 0 Å². The van der Waals surface area contributed by atoms with Gasteiger partial charge in [-0.3, -0.25) is 0 Å². The second-order valence-electron chi connectivity index (χ2n) is 2.90. The van der Waals surface area contributed by atoms with E-state index in [1.807, 2.05) is 0 Å². The average Bonchev–Trinajstić information content (AvgIpc) is 2.37. The van der Waals surface area contributed by atoms with Crippen molar-refractivity contribution in [1.29, 1.82) is 0 Å². The van der Waals surface area contributed by atoms with Crippen LogP contribution in [0, 0.1) is 5.92 Å². The molecule has 10 heavy (non-hydrogen) atoms. The zero-order valence-corrected chi connectivity index (χ0v) is 8.60. The summed E-state index contributed by atoms with van der Waals surface area (Å²) >= 11 is 0.497. The Labute approximate surface area is 73.2 Å². The van der Waals surface area contributed by atoms with Gasteiger partial charge in [-0.15, -0.1) is 0 Å². The third kappa shape index (κ3) is 2.36. The first-order chi connectivity index (χ1) is 4.86. The monoisotopic (exact) mass is 255 g/mol. The Hall–Kier alpha value is 0.650. The van der Waals surface area contributed by atoms with E-state index in [4.69, 9.17) is 5.84 Å². The van der Waals surface area contributed by atoms with Crippen molar-refractivity contribution in [2.75, 3.05) is 11.5 Å². The van der Waals surface area contributed by atoms with Gasteiger partial charge in [-0.05, 0) is 0 Å². The molecule has 0 radical (unpaired) electrons. The van der Waals surface area contributed by atoms with Crippen molar-refractivity contribution in [3.8, 4) is 0 Å². The molecule has 1 rings (SSSR count). The number of nitrogens with two attached hydrogens (primary N) is 1. The van der Waals surface area contributed by atoms with E-state index < -0.39 is 0 Å². The zero-order valence-electron chi connectivity index (χ0n) is 6.44. The molecule has 0 aromatic rings. The molecule has 1 saturated carbocycles. The van der Waals surface area contributed by atoms with Crippen LogP contribution < -0.4 is 32.5 Å². The van der Waals surface area contributed by atoms with E-state index in [-0.39, 0.29) is 0 Å². The van der Waals surface area contributed by atoms with Crippen molar-refractivity contribution in [3.05, 3.63) is 0 Å². The number of halogens is 1. The molecule has 1 fully saturated rings. The van der Waals surface area contributed by atoms with E-state index >= 15 is 0 Å². The first kappa shape index (κ1) is 8.74. The molecule has 1 aliphatic carbocycles. The van der Waals surface area contributed by atoms with Crippen molar-refractivity contribution < 1.29 is 21.2 Å². The topological polar surface area (TPSA) is 38.0 Å². The molecular weight excluding hydrogens is 239 g/mol. The molecule has 1 aliphatic rings. The van der Waals surface area contributed by atoms with Crippen molar-refractivity contribution in [2.24, 2.45) is 11.8 Å². The molecule has 2 nitrogen and oxygen atoms in total. The van der Waals surface area contributed by atoms with E-state index in [1.165, 1.54) is 19.3 Å². The summed E-state index contributed by atoms with van der Waals surface area (Å²) in [4.78, 5) is 2.39.